The van der Waals surface area contributed by atoms with E-state index in [9.17, 15) is 14.4 Å². The van der Waals surface area contributed by atoms with Gasteiger partial charge in [-0.2, -0.15) is 0 Å². The molecule has 1 unspecified atom stereocenters. The quantitative estimate of drug-likeness (QED) is 0.286. The molecule has 1 saturated heterocycles. The van der Waals surface area contributed by atoms with Crippen molar-refractivity contribution in [1.29, 1.82) is 0 Å². The summed E-state index contributed by atoms with van der Waals surface area (Å²) in [4.78, 5) is 39.3. The van der Waals surface area contributed by atoms with Crippen LogP contribution < -0.4 is 15.0 Å². The lowest BCUT2D eigenvalue weighted by molar-refractivity contribution is -0.122. The SMILES string of the molecule is CCC(C)c1ccc(N2C(=O)NC(=O)C(=Cc3cccn3CCOc3ccc(Cl)cc3Cl)C2=O)cc1. The summed E-state index contributed by atoms with van der Waals surface area (Å²) >= 11 is 12.1. The molecule has 0 bridgehead atoms. The zero-order valence-electron chi connectivity index (χ0n) is 19.8. The van der Waals surface area contributed by atoms with Gasteiger partial charge in [-0.1, -0.05) is 49.2 Å². The largest absolute Gasteiger partial charge is 0.490 e. The van der Waals surface area contributed by atoms with Gasteiger partial charge in [0.25, 0.3) is 11.8 Å². The molecule has 0 aliphatic carbocycles. The van der Waals surface area contributed by atoms with Crippen LogP contribution in [0.3, 0.4) is 0 Å². The Labute approximate surface area is 219 Å². The maximum Gasteiger partial charge on any atom is 0.335 e. The van der Waals surface area contributed by atoms with E-state index in [1.54, 1.807) is 48.7 Å². The van der Waals surface area contributed by atoms with Gasteiger partial charge in [0.05, 0.1) is 17.3 Å². The average molecular weight is 526 g/mol. The lowest BCUT2D eigenvalue weighted by atomic mass is 9.98. The van der Waals surface area contributed by atoms with E-state index < -0.39 is 17.8 Å². The minimum absolute atomic E-state index is 0.137. The van der Waals surface area contributed by atoms with Crippen LogP contribution in [0.15, 0.2) is 66.4 Å². The van der Waals surface area contributed by atoms with Gasteiger partial charge >= 0.3 is 6.03 Å². The molecule has 1 fully saturated rings. The molecule has 0 spiro atoms. The van der Waals surface area contributed by atoms with Crippen molar-refractivity contribution >= 4 is 52.8 Å². The lowest BCUT2D eigenvalue weighted by Gasteiger charge is -2.26. The van der Waals surface area contributed by atoms with E-state index >= 15 is 0 Å². The van der Waals surface area contributed by atoms with Crippen molar-refractivity contribution in [2.75, 3.05) is 11.5 Å². The van der Waals surface area contributed by atoms with E-state index in [4.69, 9.17) is 27.9 Å². The van der Waals surface area contributed by atoms with E-state index in [1.165, 1.54) is 6.08 Å². The molecule has 1 N–H and O–H groups in total. The molecule has 4 amide bonds. The van der Waals surface area contributed by atoms with Crippen LogP contribution >= 0.6 is 23.2 Å². The van der Waals surface area contributed by atoms with Gasteiger partial charge in [-0.3, -0.25) is 14.9 Å². The average Bonchev–Trinajstić information content (AvgIpc) is 3.30. The summed E-state index contributed by atoms with van der Waals surface area (Å²) in [7, 11) is 0. The van der Waals surface area contributed by atoms with Crippen molar-refractivity contribution in [1.82, 2.24) is 9.88 Å². The highest BCUT2D eigenvalue weighted by molar-refractivity contribution is 6.39. The third-order valence-electron chi connectivity index (χ3n) is 6.07. The number of barbiturate groups is 1. The maximum absolute atomic E-state index is 13.2. The molecule has 1 aliphatic rings. The topological polar surface area (TPSA) is 80.6 Å². The molecular formula is C27H25Cl2N3O4. The number of anilines is 1. The number of aromatic nitrogens is 1. The molecule has 3 aromatic rings. The van der Waals surface area contributed by atoms with Gasteiger partial charge in [0.15, 0.2) is 0 Å². The fourth-order valence-electron chi connectivity index (χ4n) is 3.84. The van der Waals surface area contributed by atoms with Crippen LogP contribution in [0.25, 0.3) is 6.08 Å². The summed E-state index contributed by atoms with van der Waals surface area (Å²) in [6, 6.07) is 15.0. The van der Waals surface area contributed by atoms with Crippen LogP contribution in [-0.2, 0) is 16.1 Å². The van der Waals surface area contributed by atoms with Crippen molar-refractivity contribution < 1.29 is 19.1 Å². The van der Waals surface area contributed by atoms with Gasteiger partial charge < -0.3 is 9.30 Å². The van der Waals surface area contributed by atoms with Crippen molar-refractivity contribution in [2.24, 2.45) is 0 Å². The van der Waals surface area contributed by atoms with Crippen LogP contribution in [0, 0.1) is 0 Å². The summed E-state index contributed by atoms with van der Waals surface area (Å²) in [5.74, 6) is -0.565. The molecule has 0 radical (unpaired) electrons. The standard InChI is InChI=1S/C27H25Cl2N3O4/c1-3-17(2)18-6-9-20(10-7-18)32-26(34)22(25(33)30-27(32)35)16-21-5-4-12-31(21)13-14-36-24-11-8-19(28)15-23(24)29/h4-12,15-17H,3,13-14H2,1-2H3,(H,30,33,35). The van der Waals surface area contributed by atoms with Gasteiger partial charge in [0, 0.05) is 16.9 Å². The molecule has 1 atom stereocenters. The molecule has 4 rings (SSSR count). The molecule has 1 aromatic heterocycles. The Morgan fingerprint density at radius 3 is 2.50 bits per heavy atom. The van der Waals surface area contributed by atoms with Crippen molar-refractivity contribution in [3.63, 3.8) is 0 Å². The highest BCUT2D eigenvalue weighted by Gasteiger charge is 2.37. The first-order chi connectivity index (χ1) is 17.3. The van der Waals surface area contributed by atoms with Crippen molar-refractivity contribution in [2.45, 2.75) is 32.7 Å². The molecule has 0 saturated carbocycles. The number of imide groups is 2. The number of carbonyl (C=O) groups excluding carboxylic acids is 3. The fraction of sp³-hybridized carbons (Fsp3) is 0.222. The van der Waals surface area contributed by atoms with E-state index in [-0.39, 0.29) is 5.57 Å². The van der Waals surface area contributed by atoms with E-state index in [0.29, 0.717) is 46.2 Å². The minimum atomic E-state index is -0.776. The van der Waals surface area contributed by atoms with Crippen LogP contribution in [-0.4, -0.2) is 29.0 Å². The normalized spacial score (nSPS) is 15.8. The third-order valence-corrected chi connectivity index (χ3v) is 6.61. The van der Waals surface area contributed by atoms with Crippen LogP contribution in [0.2, 0.25) is 10.0 Å². The first-order valence-electron chi connectivity index (χ1n) is 11.5. The molecule has 1 aliphatic heterocycles. The number of rotatable bonds is 8. The molecule has 2 aromatic carbocycles. The summed E-state index contributed by atoms with van der Waals surface area (Å²) in [6.45, 7) is 4.93. The zero-order valence-corrected chi connectivity index (χ0v) is 21.3. The number of carbonyl (C=O) groups is 3. The number of amides is 4. The Balaban J connectivity index is 1.52. The Kier molecular flexibility index (Phi) is 7.82. The van der Waals surface area contributed by atoms with Gasteiger partial charge in [-0.25, -0.2) is 9.69 Å². The second-order valence-corrected chi connectivity index (χ2v) is 9.25. The molecule has 2 heterocycles. The van der Waals surface area contributed by atoms with Gasteiger partial charge in [0.2, 0.25) is 0 Å². The molecular weight excluding hydrogens is 501 g/mol. The Morgan fingerprint density at radius 1 is 1.06 bits per heavy atom. The first kappa shape index (κ1) is 25.5. The maximum atomic E-state index is 13.2. The van der Waals surface area contributed by atoms with Crippen LogP contribution in [0.4, 0.5) is 10.5 Å². The summed E-state index contributed by atoms with van der Waals surface area (Å²) < 4.78 is 7.58. The summed E-state index contributed by atoms with van der Waals surface area (Å²) in [5, 5.41) is 3.18. The zero-order chi connectivity index (χ0) is 25.8. The number of nitrogens with one attached hydrogen (secondary N) is 1. The van der Waals surface area contributed by atoms with E-state index in [2.05, 4.69) is 19.2 Å². The summed E-state index contributed by atoms with van der Waals surface area (Å²) in [5.41, 5.74) is 1.98. The number of hydrogen-bond donors (Lipinski definition) is 1. The monoisotopic (exact) mass is 525 g/mol. The third kappa shape index (κ3) is 5.48. The van der Waals surface area contributed by atoms with Crippen LogP contribution in [0.5, 0.6) is 5.75 Å². The number of halogens is 2. The first-order valence-corrected chi connectivity index (χ1v) is 12.3. The number of hydrogen-bond acceptors (Lipinski definition) is 4. The lowest BCUT2D eigenvalue weighted by Crippen LogP contribution is -2.54. The highest BCUT2D eigenvalue weighted by Crippen LogP contribution is 2.28. The number of benzene rings is 2. The number of ether oxygens (including phenoxy) is 1. The highest BCUT2D eigenvalue weighted by atomic mass is 35.5. The Hall–Kier alpha value is -3.55. The van der Waals surface area contributed by atoms with Gasteiger partial charge in [-0.15, -0.1) is 0 Å². The van der Waals surface area contributed by atoms with Crippen molar-refractivity contribution in [3.05, 3.63) is 87.7 Å². The predicted molar refractivity (Wildman–Crippen MR) is 141 cm³/mol. The molecule has 9 heteroatoms. The van der Waals surface area contributed by atoms with Crippen LogP contribution in [0.1, 0.15) is 37.4 Å². The van der Waals surface area contributed by atoms with Gasteiger partial charge in [0.1, 0.15) is 17.9 Å². The number of urea groups is 1. The Morgan fingerprint density at radius 2 is 1.81 bits per heavy atom. The molecule has 186 valence electrons. The summed E-state index contributed by atoms with van der Waals surface area (Å²) in [6.07, 6.45) is 4.25. The van der Waals surface area contributed by atoms with E-state index in [1.807, 2.05) is 16.7 Å². The molecule has 7 nitrogen and oxygen atoms in total. The minimum Gasteiger partial charge on any atom is -0.490 e. The molecule has 36 heavy (non-hydrogen) atoms. The van der Waals surface area contributed by atoms with E-state index in [0.717, 1.165) is 16.9 Å². The van der Waals surface area contributed by atoms with Gasteiger partial charge in [-0.05, 0) is 66.4 Å². The second kappa shape index (κ2) is 11.0. The second-order valence-electron chi connectivity index (χ2n) is 8.41. The Bertz CT molecular complexity index is 1330. The predicted octanol–water partition coefficient (Wildman–Crippen LogP) is 6.05. The number of nitrogens with zero attached hydrogens (tertiary/aromatic N) is 2. The van der Waals surface area contributed by atoms with Crippen molar-refractivity contribution in [3.8, 4) is 5.75 Å². The fourth-order valence-corrected chi connectivity index (χ4v) is 4.30. The smallest absolute Gasteiger partial charge is 0.335 e.